The molecule has 1 aromatic heterocycles. The molecule has 1 aliphatic heterocycles. The van der Waals surface area contributed by atoms with Crippen LogP contribution >= 0.6 is 11.8 Å². The SMILES string of the molecule is CCOC(=O)c1c(SCC[NH+]2CCCCC2)nc(=O)[nH]c1C. The van der Waals surface area contributed by atoms with Crippen LogP contribution in [0, 0.1) is 6.92 Å². The zero-order chi connectivity index (χ0) is 15.9. The van der Waals surface area contributed by atoms with Gasteiger partial charge >= 0.3 is 11.7 Å². The molecule has 2 N–H and O–H groups in total. The summed E-state index contributed by atoms with van der Waals surface area (Å²) in [4.78, 5) is 31.8. The number of carbonyl (C=O) groups is 1. The number of aromatic amines is 1. The van der Waals surface area contributed by atoms with E-state index >= 15 is 0 Å². The molecule has 0 atom stereocenters. The summed E-state index contributed by atoms with van der Waals surface area (Å²) in [6, 6.07) is 0. The molecule has 2 rings (SSSR count). The number of esters is 1. The minimum atomic E-state index is -0.420. The highest BCUT2D eigenvalue weighted by molar-refractivity contribution is 7.99. The lowest BCUT2D eigenvalue weighted by atomic mass is 10.1. The molecule has 0 radical (unpaired) electrons. The molecule has 22 heavy (non-hydrogen) atoms. The van der Waals surface area contributed by atoms with Gasteiger partial charge in [-0.2, -0.15) is 4.98 Å². The van der Waals surface area contributed by atoms with Crippen LogP contribution in [0.5, 0.6) is 0 Å². The Balaban J connectivity index is 2.04. The van der Waals surface area contributed by atoms with E-state index in [1.165, 1.54) is 44.1 Å². The number of piperidine rings is 1. The number of hydrogen-bond acceptors (Lipinski definition) is 5. The number of hydrogen-bond donors (Lipinski definition) is 2. The fourth-order valence-electron chi connectivity index (χ4n) is 2.70. The van der Waals surface area contributed by atoms with Gasteiger partial charge in [-0.25, -0.2) is 9.59 Å². The van der Waals surface area contributed by atoms with Gasteiger partial charge in [0.05, 0.1) is 26.2 Å². The smallest absolute Gasteiger partial charge is 0.346 e. The Bertz CT molecular complexity index is 568. The number of nitrogens with zero attached hydrogens (tertiary/aromatic N) is 1. The first-order valence-corrected chi connectivity index (χ1v) is 8.84. The number of nitrogens with one attached hydrogen (secondary N) is 2. The van der Waals surface area contributed by atoms with Crippen molar-refractivity contribution in [1.82, 2.24) is 9.97 Å². The summed E-state index contributed by atoms with van der Waals surface area (Å²) in [6.45, 7) is 7.23. The topological polar surface area (TPSA) is 76.5 Å². The zero-order valence-electron chi connectivity index (χ0n) is 13.2. The molecule has 1 aliphatic rings. The number of H-pyrrole nitrogens is 1. The first kappa shape index (κ1) is 17.0. The van der Waals surface area contributed by atoms with E-state index in [2.05, 4.69) is 9.97 Å². The lowest BCUT2D eigenvalue weighted by Crippen LogP contribution is -3.13. The Morgan fingerprint density at radius 3 is 2.77 bits per heavy atom. The summed E-state index contributed by atoms with van der Waals surface area (Å²) in [5.74, 6) is 0.425. The van der Waals surface area contributed by atoms with Crippen LogP contribution in [0.25, 0.3) is 0 Å². The van der Waals surface area contributed by atoms with Gasteiger partial charge < -0.3 is 14.6 Å². The van der Waals surface area contributed by atoms with E-state index in [4.69, 9.17) is 4.74 Å². The largest absolute Gasteiger partial charge is 0.462 e. The van der Waals surface area contributed by atoms with E-state index in [0.29, 0.717) is 22.9 Å². The third-order valence-corrected chi connectivity index (χ3v) is 4.80. The molecule has 1 saturated heterocycles. The normalized spacial score (nSPS) is 15.7. The van der Waals surface area contributed by atoms with Gasteiger partial charge in [-0.3, -0.25) is 0 Å². The molecule has 1 fully saturated rings. The molecule has 0 unspecified atom stereocenters. The van der Waals surface area contributed by atoms with Gasteiger partial charge in [0.25, 0.3) is 0 Å². The average Bonchev–Trinajstić information content (AvgIpc) is 2.48. The number of carbonyl (C=O) groups excluding carboxylic acids is 1. The van der Waals surface area contributed by atoms with Gasteiger partial charge in [0.15, 0.2) is 0 Å². The van der Waals surface area contributed by atoms with Crippen LogP contribution < -0.4 is 10.6 Å². The number of likely N-dealkylation sites (tertiary alicyclic amines) is 1. The van der Waals surface area contributed by atoms with Crippen LogP contribution in [0.3, 0.4) is 0 Å². The van der Waals surface area contributed by atoms with Crippen molar-refractivity contribution < 1.29 is 14.4 Å². The maximum absolute atomic E-state index is 12.1. The molecule has 7 heteroatoms. The number of aryl methyl sites for hydroxylation is 1. The molecule has 0 spiro atoms. The summed E-state index contributed by atoms with van der Waals surface area (Å²) in [7, 11) is 0. The zero-order valence-corrected chi connectivity index (χ0v) is 14.1. The Morgan fingerprint density at radius 2 is 2.09 bits per heavy atom. The summed E-state index contributed by atoms with van der Waals surface area (Å²) in [6.07, 6.45) is 3.91. The molecular formula is C15H24N3O3S+. The third-order valence-electron chi connectivity index (χ3n) is 3.82. The average molecular weight is 326 g/mol. The Morgan fingerprint density at radius 1 is 1.36 bits per heavy atom. The van der Waals surface area contributed by atoms with Crippen LogP contribution in [0.1, 0.15) is 42.2 Å². The molecule has 0 saturated carbocycles. The first-order chi connectivity index (χ1) is 10.6. The quantitative estimate of drug-likeness (QED) is 0.450. The number of rotatable bonds is 6. The van der Waals surface area contributed by atoms with Gasteiger partial charge in [0.1, 0.15) is 10.6 Å². The molecule has 1 aromatic rings. The molecule has 0 aromatic carbocycles. The Hall–Kier alpha value is -1.34. The lowest BCUT2D eigenvalue weighted by molar-refractivity contribution is -0.902. The van der Waals surface area contributed by atoms with E-state index in [1.807, 2.05) is 0 Å². The van der Waals surface area contributed by atoms with E-state index in [0.717, 1.165) is 12.3 Å². The first-order valence-electron chi connectivity index (χ1n) is 7.86. The van der Waals surface area contributed by atoms with E-state index in [9.17, 15) is 9.59 Å². The van der Waals surface area contributed by atoms with Gasteiger partial charge in [-0.15, -0.1) is 0 Å². The highest BCUT2D eigenvalue weighted by Gasteiger charge is 2.20. The van der Waals surface area contributed by atoms with Crippen LogP contribution in [-0.4, -0.2) is 47.9 Å². The molecule has 0 aliphatic carbocycles. The minimum absolute atomic E-state index is 0.305. The van der Waals surface area contributed by atoms with Crippen molar-refractivity contribution in [3.63, 3.8) is 0 Å². The van der Waals surface area contributed by atoms with Crippen LogP contribution in [-0.2, 0) is 4.74 Å². The maximum atomic E-state index is 12.1. The summed E-state index contributed by atoms with van der Waals surface area (Å²) in [5, 5.41) is 0.483. The molecule has 6 nitrogen and oxygen atoms in total. The fourth-order valence-corrected chi connectivity index (χ4v) is 3.81. The lowest BCUT2D eigenvalue weighted by Gasteiger charge is -2.23. The highest BCUT2D eigenvalue weighted by atomic mass is 32.2. The second-order valence-corrected chi connectivity index (χ2v) is 6.56. The molecule has 0 bridgehead atoms. The van der Waals surface area contributed by atoms with Crippen LogP contribution in [0.15, 0.2) is 9.82 Å². The maximum Gasteiger partial charge on any atom is 0.346 e. The van der Waals surface area contributed by atoms with Gasteiger partial charge in [0.2, 0.25) is 0 Å². The van der Waals surface area contributed by atoms with Crippen molar-refractivity contribution in [3.8, 4) is 0 Å². The number of ether oxygens (including phenoxy) is 1. The predicted octanol–water partition coefficient (Wildman–Crippen LogP) is 0.416. The van der Waals surface area contributed by atoms with Crippen molar-refractivity contribution in [3.05, 3.63) is 21.7 Å². The number of aromatic nitrogens is 2. The molecule has 122 valence electrons. The monoisotopic (exact) mass is 326 g/mol. The van der Waals surface area contributed by atoms with E-state index in [-0.39, 0.29) is 0 Å². The third kappa shape index (κ3) is 4.58. The second kappa shape index (κ2) is 8.33. The number of quaternary nitrogens is 1. The van der Waals surface area contributed by atoms with Crippen LogP contribution in [0.4, 0.5) is 0 Å². The van der Waals surface area contributed by atoms with Crippen molar-refractivity contribution in [2.45, 2.75) is 38.1 Å². The van der Waals surface area contributed by atoms with Gasteiger partial charge in [-0.05, 0) is 33.1 Å². The molecular weight excluding hydrogens is 302 g/mol. The van der Waals surface area contributed by atoms with E-state index in [1.54, 1.807) is 18.7 Å². The molecule has 2 heterocycles. The predicted molar refractivity (Wildman–Crippen MR) is 85.7 cm³/mol. The summed E-state index contributed by atoms with van der Waals surface area (Å²) in [5.41, 5.74) is 0.490. The van der Waals surface area contributed by atoms with Crippen LogP contribution in [0.2, 0.25) is 0 Å². The van der Waals surface area contributed by atoms with Crippen molar-refractivity contribution in [1.29, 1.82) is 0 Å². The fraction of sp³-hybridized carbons (Fsp3) is 0.667. The standard InChI is InChI=1S/C15H23N3O3S/c1-3-21-14(19)12-11(2)16-15(20)17-13(12)22-10-9-18-7-5-4-6-8-18/h3-10H2,1-2H3,(H,16,17,20)/p+1. The highest BCUT2D eigenvalue weighted by Crippen LogP contribution is 2.21. The van der Waals surface area contributed by atoms with Crippen molar-refractivity contribution >= 4 is 17.7 Å². The molecule has 0 amide bonds. The van der Waals surface area contributed by atoms with Gasteiger partial charge in [0, 0.05) is 11.4 Å². The van der Waals surface area contributed by atoms with Crippen molar-refractivity contribution in [2.24, 2.45) is 0 Å². The van der Waals surface area contributed by atoms with E-state index < -0.39 is 11.7 Å². The second-order valence-electron chi connectivity index (χ2n) is 5.48. The Labute approximate surface area is 134 Å². The Kier molecular flexibility index (Phi) is 6.45. The summed E-state index contributed by atoms with van der Waals surface area (Å²) < 4.78 is 5.07. The van der Waals surface area contributed by atoms with Gasteiger partial charge in [-0.1, -0.05) is 11.8 Å². The van der Waals surface area contributed by atoms with Crippen molar-refractivity contribution in [2.75, 3.05) is 32.0 Å². The summed E-state index contributed by atoms with van der Waals surface area (Å²) >= 11 is 1.47. The number of thioether (sulfide) groups is 1. The minimum Gasteiger partial charge on any atom is -0.462 e.